The van der Waals surface area contributed by atoms with E-state index in [2.05, 4.69) is 15.3 Å². The van der Waals surface area contributed by atoms with Crippen molar-refractivity contribution >= 4 is 29.1 Å². The Morgan fingerprint density at radius 3 is 2.80 bits per heavy atom. The third kappa shape index (κ3) is 3.72. The first-order chi connectivity index (χ1) is 9.58. The third-order valence-corrected chi connectivity index (χ3v) is 2.70. The van der Waals surface area contributed by atoms with E-state index >= 15 is 0 Å². The zero-order valence-electron chi connectivity index (χ0n) is 10.9. The average Bonchev–Trinajstić information content (AvgIpc) is 2.36. The monoisotopic (exact) mass is 294 g/mol. The predicted octanol–water partition coefficient (Wildman–Crippen LogP) is 2.14. The van der Waals surface area contributed by atoms with E-state index in [0.29, 0.717) is 5.82 Å². The molecule has 1 heterocycles. The number of aryl methyl sites for hydroxylation is 1. The Morgan fingerprint density at radius 1 is 1.35 bits per heavy atom. The molecule has 106 valence electrons. The van der Waals surface area contributed by atoms with Crippen LogP contribution in [0.4, 0.5) is 17.5 Å². The van der Waals surface area contributed by atoms with Gasteiger partial charge in [-0.25, -0.2) is 4.98 Å². The molecule has 0 saturated heterocycles. The fraction of sp³-hybridized carbons (Fsp3) is 0.231. The number of hydrogen-bond donors (Lipinski definition) is 3. The van der Waals surface area contributed by atoms with Crippen LogP contribution < -0.4 is 15.8 Å². The lowest BCUT2D eigenvalue weighted by Gasteiger charge is -2.11. The maximum absolute atomic E-state index is 8.74. The van der Waals surface area contributed by atoms with E-state index in [1.165, 1.54) is 0 Å². The molecule has 0 fully saturated rings. The van der Waals surface area contributed by atoms with Gasteiger partial charge >= 0.3 is 0 Å². The average molecular weight is 295 g/mol. The zero-order chi connectivity index (χ0) is 14.5. The minimum absolute atomic E-state index is 0.0157. The van der Waals surface area contributed by atoms with Crippen molar-refractivity contribution in [2.75, 3.05) is 24.3 Å². The Balaban J connectivity index is 2.15. The molecule has 0 aliphatic carbocycles. The first kappa shape index (κ1) is 14.4. The van der Waals surface area contributed by atoms with Crippen LogP contribution in [0.1, 0.15) is 5.56 Å². The summed E-state index contributed by atoms with van der Waals surface area (Å²) in [6.07, 6.45) is 0. The second-order valence-corrected chi connectivity index (χ2v) is 4.50. The quantitative estimate of drug-likeness (QED) is 0.732. The highest BCUT2D eigenvalue weighted by Crippen LogP contribution is 2.24. The molecule has 7 heteroatoms. The van der Waals surface area contributed by atoms with Gasteiger partial charge < -0.3 is 20.9 Å². The van der Waals surface area contributed by atoms with Gasteiger partial charge in [0.1, 0.15) is 23.3 Å². The summed E-state index contributed by atoms with van der Waals surface area (Å²) in [7, 11) is 0. The van der Waals surface area contributed by atoms with E-state index in [0.717, 1.165) is 17.0 Å². The number of halogens is 1. The molecular formula is C13H15ClN4O2. The van der Waals surface area contributed by atoms with E-state index in [-0.39, 0.29) is 24.3 Å². The third-order valence-electron chi connectivity index (χ3n) is 2.51. The number of ether oxygens (including phenoxy) is 1. The van der Waals surface area contributed by atoms with Crippen molar-refractivity contribution in [2.45, 2.75) is 6.92 Å². The van der Waals surface area contributed by atoms with Crippen molar-refractivity contribution in [2.24, 2.45) is 0 Å². The maximum Gasteiger partial charge on any atom is 0.223 e. The fourth-order valence-electron chi connectivity index (χ4n) is 1.69. The largest absolute Gasteiger partial charge is 0.491 e. The highest BCUT2D eigenvalue weighted by Gasteiger charge is 2.04. The van der Waals surface area contributed by atoms with Crippen LogP contribution in [-0.4, -0.2) is 28.3 Å². The van der Waals surface area contributed by atoms with Crippen molar-refractivity contribution in [3.05, 3.63) is 35.0 Å². The highest BCUT2D eigenvalue weighted by molar-refractivity contribution is 6.29. The number of benzene rings is 1. The highest BCUT2D eigenvalue weighted by atomic mass is 35.5. The van der Waals surface area contributed by atoms with Gasteiger partial charge in [0.2, 0.25) is 5.95 Å². The molecule has 4 N–H and O–H groups in total. The maximum atomic E-state index is 8.74. The number of nitrogens with one attached hydrogen (secondary N) is 1. The van der Waals surface area contributed by atoms with Crippen molar-refractivity contribution in [1.82, 2.24) is 9.97 Å². The van der Waals surface area contributed by atoms with Crippen LogP contribution >= 0.6 is 11.6 Å². The van der Waals surface area contributed by atoms with Gasteiger partial charge in [0.05, 0.1) is 6.61 Å². The number of aliphatic hydroxyl groups is 1. The molecule has 0 amide bonds. The molecule has 0 aliphatic heterocycles. The van der Waals surface area contributed by atoms with Crippen LogP contribution in [0.15, 0.2) is 24.3 Å². The summed E-state index contributed by atoms with van der Waals surface area (Å²) in [6.45, 7) is 2.17. The van der Waals surface area contributed by atoms with Crippen LogP contribution in [0, 0.1) is 6.92 Å². The molecular weight excluding hydrogens is 280 g/mol. The number of nitrogens with two attached hydrogens (primary N) is 1. The van der Waals surface area contributed by atoms with Gasteiger partial charge in [-0.3, -0.25) is 0 Å². The van der Waals surface area contributed by atoms with E-state index in [4.69, 9.17) is 27.2 Å². The number of aliphatic hydroxyl groups excluding tert-OH is 1. The Kier molecular flexibility index (Phi) is 4.60. The summed E-state index contributed by atoms with van der Waals surface area (Å²) >= 11 is 5.82. The summed E-state index contributed by atoms with van der Waals surface area (Å²) in [6, 6.07) is 7.15. The van der Waals surface area contributed by atoms with Gasteiger partial charge in [0, 0.05) is 11.8 Å². The molecule has 0 saturated carbocycles. The van der Waals surface area contributed by atoms with Gasteiger partial charge in [-0.15, -0.1) is 0 Å². The first-order valence-corrected chi connectivity index (χ1v) is 6.37. The number of hydrogen-bond acceptors (Lipinski definition) is 6. The van der Waals surface area contributed by atoms with Gasteiger partial charge in [0.25, 0.3) is 0 Å². The molecule has 2 rings (SSSR count). The molecule has 0 unspecified atom stereocenters. The Hall–Kier alpha value is -2.05. The molecule has 0 spiro atoms. The van der Waals surface area contributed by atoms with Crippen LogP contribution in [0.5, 0.6) is 5.75 Å². The van der Waals surface area contributed by atoms with E-state index in [1.807, 2.05) is 25.1 Å². The Morgan fingerprint density at radius 2 is 2.15 bits per heavy atom. The molecule has 2 aromatic rings. The zero-order valence-corrected chi connectivity index (χ0v) is 11.7. The van der Waals surface area contributed by atoms with Gasteiger partial charge in [0.15, 0.2) is 0 Å². The van der Waals surface area contributed by atoms with Crippen molar-refractivity contribution < 1.29 is 9.84 Å². The predicted molar refractivity (Wildman–Crippen MR) is 78.5 cm³/mol. The van der Waals surface area contributed by atoms with E-state index in [1.54, 1.807) is 6.07 Å². The molecule has 0 bridgehead atoms. The standard InChI is InChI=1S/C13H15ClN4O2/c1-8-6-9(2-3-10(8)20-5-4-19)16-12-7-11(14)17-13(15)18-12/h2-3,6-7,19H,4-5H2,1H3,(H3,15,16,17,18). The topological polar surface area (TPSA) is 93.3 Å². The number of anilines is 3. The molecule has 0 atom stereocenters. The summed E-state index contributed by atoms with van der Waals surface area (Å²) in [5.74, 6) is 1.36. The molecule has 0 aliphatic rings. The second-order valence-electron chi connectivity index (χ2n) is 4.11. The second kappa shape index (κ2) is 6.40. The molecule has 0 radical (unpaired) electrons. The fourth-order valence-corrected chi connectivity index (χ4v) is 1.88. The lowest BCUT2D eigenvalue weighted by atomic mass is 10.2. The van der Waals surface area contributed by atoms with Gasteiger partial charge in [-0.1, -0.05) is 11.6 Å². The lowest BCUT2D eigenvalue weighted by Crippen LogP contribution is -2.03. The number of aromatic nitrogens is 2. The van der Waals surface area contributed by atoms with E-state index in [9.17, 15) is 0 Å². The molecule has 1 aromatic heterocycles. The van der Waals surface area contributed by atoms with Crippen molar-refractivity contribution in [1.29, 1.82) is 0 Å². The summed E-state index contributed by atoms with van der Waals surface area (Å²) in [5, 5.41) is 12.1. The minimum atomic E-state index is -0.0157. The molecule has 1 aromatic carbocycles. The Bertz CT molecular complexity index is 587. The number of nitrogens with zero attached hydrogens (tertiary/aromatic N) is 2. The van der Waals surface area contributed by atoms with Gasteiger partial charge in [-0.2, -0.15) is 4.98 Å². The van der Waals surface area contributed by atoms with Crippen LogP contribution in [-0.2, 0) is 0 Å². The van der Waals surface area contributed by atoms with E-state index < -0.39 is 0 Å². The molecule has 6 nitrogen and oxygen atoms in total. The van der Waals surface area contributed by atoms with Gasteiger partial charge in [-0.05, 0) is 30.7 Å². The first-order valence-electron chi connectivity index (χ1n) is 6.00. The van der Waals surface area contributed by atoms with Crippen LogP contribution in [0.3, 0.4) is 0 Å². The van der Waals surface area contributed by atoms with Crippen molar-refractivity contribution in [3.8, 4) is 5.75 Å². The number of nitrogen functional groups attached to an aromatic ring is 1. The number of rotatable bonds is 5. The summed E-state index contributed by atoms with van der Waals surface area (Å²) < 4.78 is 5.38. The summed E-state index contributed by atoms with van der Waals surface area (Å²) in [4.78, 5) is 7.83. The normalized spacial score (nSPS) is 10.3. The van der Waals surface area contributed by atoms with Crippen LogP contribution in [0.2, 0.25) is 5.15 Å². The lowest BCUT2D eigenvalue weighted by molar-refractivity contribution is 0.200. The summed E-state index contributed by atoms with van der Waals surface area (Å²) in [5.41, 5.74) is 7.30. The molecule has 20 heavy (non-hydrogen) atoms. The minimum Gasteiger partial charge on any atom is -0.491 e. The van der Waals surface area contributed by atoms with Crippen molar-refractivity contribution in [3.63, 3.8) is 0 Å². The SMILES string of the molecule is Cc1cc(Nc2cc(Cl)nc(N)n2)ccc1OCCO. The smallest absolute Gasteiger partial charge is 0.223 e. The van der Waals surface area contributed by atoms with Crippen LogP contribution in [0.25, 0.3) is 0 Å². The Labute approximate surface area is 121 Å².